The molecule has 0 radical (unpaired) electrons. The number of hydrogen-bond donors (Lipinski definition) is 1. The summed E-state index contributed by atoms with van der Waals surface area (Å²) in [6, 6.07) is 16.0. The number of fused-ring (bicyclic) bond motifs is 6. The first-order valence-electron chi connectivity index (χ1n) is 6.52. The van der Waals surface area contributed by atoms with E-state index in [-0.39, 0.29) is 12.2 Å². The third-order valence-electron chi connectivity index (χ3n) is 3.87. The van der Waals surface area contributed by atoms with Crippen LogP contribution in [0.3, 0.4) is 0 Å². The Labute approximate surface area is 115 Å². The number of amides is 1. The molecule has 0 unspecified atom stereocenters. The van der Waals surface area contributed by atoms with Crippen LogP contribution in [-0.2, 0) is 16.0 Å². The van der Waals surface area contributed by atoms with Crippen molar-refractivity contribution in [3.05, 3.63) is 54.1 Å². The van der Waals surface area contributed by atoms with Crippen LogP contribution in [0.4, 0.5) is 5.69 Å². The van der Waals surface area contributed by atoms with E-state index in [1.54, 1.807) is 0 Å². The lowest BCUT2D eigenvalue weighted by atomic mass is 9.90. The van der Waals surface area contributed by atoms with Crippen molar-refractivity contribution >= 4 is 38.9 Å². The molecule has 0 atom stereocenters. The van der Waals surface area contributed by atoms with Gasteiger partial charge in [-0.2, -0.15) is 0 Å². The van der Waals surface area contributed by atoms with Crippen LogP contribution in [0, 0.1) is 0 Å². The highest BCUT2D eigenvalue weighted by atomic mass is 16.2. The lowest BCUT2D eigenvalue weighted by Gasteiger charge is -2.21. The van der Waals surface area contributed by atoms with Crippen LogP contribution in [0.25, 0.3) is 21.5 Å². The molecule has 3 aromatic carbocycles. The van der Waals surface area contributed by atoms with Crippen LogP contribution in [0.1, 0.15) is 5.56 Å². The van der Waals surface area contributed by atoms with Crippen molar-refractivity contribution in [2.24, 2.45) is 0 Å². The summed E-state index contributed by atoms with van der Waals surface area (Å²) in [5.74, 6) is -0.893. The summed E-state index contributed by atoms with van der Waals surface area (Å²) in [5.41, 5.74) is 1.70. The third kappa shape index (κ3) is 1.40. The van der Waals surface area contributed by atoms with Gasteiger partial charge in [0.05, 0.1) is 5.69 Å². The van der Waals surface area contributed by atoms with Crippen molar-refractivity contribution in [1.82, 2.24) is 0 Å². The van der Waals surface area contributed by atoms with E-state index in [0.717, 1.165) is 32.8 Å². The fourth-order valence-corrected chi connectivity index (χ4v) is 2.96. The molecule has 3 aromatic rings. The summed E-state index contributed by atoms with van der Waals surface area (Å²) < 4.78 is 0. The van der Waals surface area contributed by atoms with Crippen LogP contribution in [0.5, 0.6) is 0 Å². The quantitative estimate of drug-likeness (QED) is 0.499. The number of ketones is 1. The Morgan fingerprint density at radius 2 is 1.30 bits per heavy atom. The minimum absolute atomic E-state index is 0.173. The molecule has 0 saturated heterocycles. The Balaban J connectivity index is 2.24. The van der Waals surface area contributed by atoms with Gasteiger partial charge < -0.3 is 5.32 Å². The predicted molar refractivity (Wildman–Crippen MR) is 78.8 cm³/mol. The Hall–Kier alpha value is -2.68. The lowest BCUT2D eigenvalue weighted by molar-refractivity contribution is -0.134. The largest absolute Gasteiger partial charge is 0.319 e. The van der Waals surface area contributed by atoms with Gasteiger partial charge in [-0.25, -0.2) is 0 Å². The molecule has 0 saturated carbocycles. The second-order valence-electron chi connectivity index (χ2n) is 5.00. The number of carbonyl (C=O) groups is 2. The Morgan fingerprint density at radius 3 is 2.00 bits per heavy atom. The molecule has 1 amide bonds. The van der Waals surface area contributed by atoms with Crippen LogP contribution in [0.2, 0.25) is 0 Å². The molecule has 20 heavy (non-hydrogen) atoms. The average molecular weight is 261 g/mol. The zero-order valence-electron chi connectivity index (χ0n) is 10.6. The van der Waals surface area contributed by atoms with Crippen molar-refractivity contribution in [3.8, 4) is 0 Å². The molecule has 1 heterocycles. The molecule has 0 aliphatic carbocycles. The summed E-state index contributed by atoms with van der Waals surface area (Å²) in [4.78, 5) is 23.4. The van der Waals surface area contributed by atoms with E-state index in [1.807, 2.05) is 42.5 Å². The predicted octanol–water partition coefficient (Wildman–Crippen LogP) is 3.06. The summed E-state index contributed by atoms with van der Waals surface area (Å²) in [5, 5.41) is 6.99. The fourth-order valence-electron chi connectivity index (χ4n) is 2.96. The smallest absolute Gasteiger partial charge is 0.292 e. The molecule has 3 heteroatoms. The molecule has 1 N–H and O–H groups in total. The van der Waals surface area contributed by atoms with Crippen molar-refractivity contribution < 1.29 is 9.59 Å². The molecule has 3 nitrogen and oxygen atoms in total. The number of nitrogens with one attached hydrogen (secondary N) is 1. The van der Waals surface area contributed by atoms with E-state index >= 15 is 0 Å². The lowest BCUT2D eigenvalue weighted by Crippen LogP contribution is -2.30. The Morgan fingerprint density at radius 1 is 0.750 bits per heavy atom. The first kappa shape index (κ1) is 11.2. The van der Waals surface area contributed by atoms with E-state index in [4.69, 9.17) is 0 Å². The number of rotatable bonds is 0. The first-order valence-corrected chi connectivity index (χ1v) is 6.52. The van der Waals surface area contributed by atoms with Gasteiger partial charge in [0.1, 0.15) is 0 Å². The molecule has 1 aliphatic heterocycles. The van der Waals surface area contributed by atoms with Crippen molar-refractivity contribution in [1.29, 1.82) is 0 Å². The maximum absolute atomic E-state index is 11.7. The van der Waals surface area contributed by atoms with E-state index < -0.39 is 5.91 Å². The topological polar surface area (TPSA) is 46.2 Å². The van der Waals surface area contributed by atoms with Gasteiger partial charge in [-0.1, -0.05) is 48.5 Å². The van der Waals surface area contributed by atoms with Gasteiger partial charge in [-0.15, -0.1) is 0 Å². The second-order valence-corrected chi connectivity index (χ2v) is 5.00. The van der Waals surface area contributed by atoms with Crippen molar-refractivity contribution in [2.75, 3.05) is 5.32 Å². The highest BCUT2D eigenvalue weighted by molar-refractivity contribution is 6.44. The Bertz CT molecular complexity index is 821. The van der Waals surface area contributed by atoms with Gasteiger partial charge in [0.15, 0.2) is 0 Å². The summed E-state index contributed by atoms with van der Waals surface area (Å²) in [6.45, 7) is 0. The standard InChI is InChI=1S/C17H11NO2/c19-15-9-14-12-7-2-1-5-10(12)11-6-3-4-8-13(11)16(14)18-17(15)20/h1-8H,9H2,(H,18,20). The zero-order chi connectivity index (χ0) is 13.7. The first-order chi connectivity index (χ1) is 9.75. The van der Waals surface area contributed by atoms with Crippen molar-refractivity contribution in [3.63, 3.8) is 0 Å². The van der Waals surface area contributed by atoms with E-state index in [1.165, 1.54) is 0 Å². The van der Waals surface area contributed by atoms with E-state index in [2.05, 4.69) is 11.4 Å². The van der Waals surface area contributed by atoms with Crippen LogP contribution >= 0.6 is 0 Å². The average Bonchev–Trinajstić information content (AvgIpc) is 2.49. The summed E-state index contributed by atoms with van der Waals surface area (Å²) in [7, 11) is 0. The maximum Gasteiger partial charge on any atom is 0.292 e. The monoisotopic (exact) mass is 261 g/mol. The maximum atomic E-state index is 11.7. The van der Waals surface area contributed by atoms with Gasteiger partial charge in [0, 0.05) is 11.8 Å². The van der Waals surface area contributed by atoms with Gasteiger partial charge in [-0.05, 0) is 21.7 Å². The highest BCUT2D eigenvalue weighted by Crippen LogP contribution is 2.38. The van der Waals surface area contributed by atoms with Crippen molar-refractivity contribution in [2.45, 2.75) is 6.42 Å². The zero-order valence-corrected chi connectivity index (χ0v) is 10.6. The number of carbonyl (C=O) groups excluding carboxylic acids is 2. The molecular weight excluding hydrogens is 250 g/mol. The number of anilines is 1. The summed E-state index contributed by atoms with van der Waals surface area (Å²) >= 11 is 0. The molecule has 4 rings (SSSR count). The molecular formula is C17H11NO2. The number of hydrogen-bond acceptors (Lipinski definition) is 2. The molecule has 0 spiro atoms. The molecule has 0 aromatic heterocycles. The van der Waals surface area contributed by atoms with Gasteiger partial charge in [-0.3, -0.25) is 9.59 Å². The summed E-state index contributed by atoms with van der Waals surface area (Å²) in [6.07, 6.45) is 0.173. The molecule has 0 bridgehead atoms. The number of Topliss-reactive ketones (excluding diaryl/α,β-unsaturated/α-hetero) is 1. The van der Waals surface area contributed by atoms with Gasteiger partial charge in [0.25, 0.3) is 5.91 Å². The number of benzene rings is 3. The van der Waals surface area contributed by atoms with Crippen LogP contribution in [-0.4, -0.2) is 11.7 Å². The van der Waals surface area contributed by atoms with E-state index in [9.17, 15) is 9.59 Å². The second kappa shape index (κ2) is 3.90. The molecule has 0 fully saturated rings. The molecule has 1 aliphatic rings. The SMILES string of the molecule is O=C1Cc2c(c3ccccc3c3ccccc23)NC1=O. The van der Waals surface area contributed by atoms with Gasteiger partial charge >= 0.3 is 0 Å². The molecule has 96 valence electrons. The fraction of sp³-hybridized carbons (Fsp3) is 0.0588. The minimum Gasteiger partial charge on any atom is -0.319 e. The van der Waals surface area contributed by atoms with Crippen LogP contribution in [0.15, 0.2) is 48.5 Å². The van der Waals surface area contributed by atoms with Crippen LogP contribution < -0.4 is 5.32 Å². The highest BCUT2D eigenvalue weighted by Gasteiger charge is 2.26. The third-order valence-corrected chi connectivity index (χ3v) is 3.87. The Kier molecular flexibility index (Phi) is 2.18. The normalized spacial score (nSPS) is 14.4. The van der Waals surface area contributed by atoms with E-state index in [0.29, 0.717) is 0 Å². The minimum atomic E-state index is -0.516. The van der Waals surface area contributed by atoms with Gasteiger partial charge in [0.2, 0.25) is 5.78 Å².